The first-order chi connectivity index (χ1) is 9.04. The molecule has 0 N–H and O–H groups in total. The van der Waals surface area contributed by atoms with Crippen LogP contribution in [-0.2, 0) is 7.05 Å². The molecule has 0 saturated heterocycles. The molecular formula is C13H9ClFN3O. The van der Waals surface area contributed by atoms with Crippen LogP contribution in [0.1, 0.15) is 22.0 Å². The van der Waals surface area contributed by atoms with E-state index in [4.69, 9.17) is 16.9 Å². The SMILES string of the molecule is Cn1ccc(C(=O)C(C#N)c2cccc(Cl)c2F)n1. The average molecular weight is 278 g/mol. The van der Waals surface area contributed by atoms with E-state index in [1.54, 1.807) is 19.3 Å². The highest BCUT2D eigenvalue weighted by Crippen LogP contribution is 2.26. The van der Waals surface area contributed by atoms with Crippen molar-refractivity contribution in [2.24, 2.45) is 7.05 Å². The van der Waals surface area contributed by atoms with Crippen LogP contribution in [0, 0.1) is 17.1 Å². The molecule has 2 rings (SSSR count). The normalized spacial score (nSPS) is 11.9. The van der Waals surface area contributed by atoms with Gasteiger partial charge in [-0.15, -0.1) is 0 Å². The summed E-state index contributed by atoms with van der Waals surface area (Å²) >= 11 is 5.65. The summed E-state index contributed by atoms with van der Waals surface area (Å²) in [7, 11) is 1.65. The van der Waals surface area contributed by atoms with Crippen molar-refractivity contribution in [1.82, 2.24) is 9.78 Å². The van der Waals surface area contributed by atoms with Crippen molar-refractivity contribution in [1.29, 1.82) is 5.26 Å². The van der Waals surface area contributed by atoms with E-state index in [0.717, 1.165) is 0 Å². The minimum atomic E-state index is -1.26. The van der Waals surface area contributed by atoms with Gasteiger partial charge in [-0.05, 0) is 12.1 Å². The molecule has 19 heavy (non-hydrogen) atoms. The van der Waals surface area contributed by atoms with Crippen molar-refractivity contribution >= 4 is 17.4 Å². The van der Waals surface area contributed by atoms with E-state index in [2.05, 4.69) is 5.10 Å². The van der Waals surface area contributed by atoms with Crippen LogP contribution in [0.25, 0.3) is 0 Å². The minimum absolute atomic E-state index is 0.0364. The molecule has 0 amide bonds. The Morgan fingerprint density at radius 2 is 2.26 bits per heavy atom. The Hall–Kier alpha value is -2.19. The Bertz CT molecular complexity index is 675. The van der Waals surface area contributed by atoms with Gasteiger partial charge in [0.05, 0.1) is 11.1 Å². The minimum Gasteiger partial charge on any atom is -0.290 e. The molecule has 1 aromatic heterocycles. The van der Waals surface area contributed by atoms with E-state index in [0.29, 0.717) is 0 Å². The standard InChI is InChI=1S/C13H9ClFN3O/c1-18-6-5-11(17-18)13(19)9(7-16)8-3-2-4-10(14)12(8)15/h2-6,9H,1H3. The maximum Gasteiger partial charge on any atom is 0.204 e. The summed E-state index contributed by atoms with van der Waals surface area (Å²) in [4.78, 5) is 12.1. The smallest absolute Gasteiger partial charge is 0.204 e. The van der Waals surface area contributed by atoms with Crippen molar-refractivity contribution < 1.29 is 9.18 Å². The molecule has 0 bridgehead atoms. The monoisotopic (exact) mass is 277 g/mol. The molecule has 0 aliphatic heterocycles. The Kier molecular flexibility index (Phi) is 3.63. The Morgan fingerprint density at radius 3 is 2.84 bits per heavy atom. The topological polar surface area (TPSA) is 58.7 Å². The summed E-state index contributed by atoms with van der Waals surface area (Å²) in [6, 6.07) is 7.51. The number of halogens is 2. The Morgan fingerprint density at radius 1 is 1.53 bits per heavy atom. The lowest BCUT2D eigenvalue weighted by atomic mass is 9.94. The zero-order valence-corrected chi connectivity index (χ0v) is 10.7. The number of carbonyl (C=O) groups is 1. The Labute approximate surface area is 114 Å². The molecule has 0 aliphatic carbocycles. The van der Waals surface area contributed by atoms with Crippen LogP contribution in [0.2, 0.25) is 5.02 Å². The predicted octanol–water partition coefficient (Wildman–Crippen LogP) is 2.70. The number of hydrogen-bond donors (Lipinski definition) is 0. The van der Waals surface area contributed by atoms with Gasteiger partial charge in [-0.1, -0.05) is 23.7 Å². The van der Waals surface area contributed by atoms with Gasteiger partial charge in [0.15, 0.2) is 0 Å². The van der Waals surface area contributed by atoms with E-state index in [9.17, 15) is 9.18 Å². The van der Waals surface area contributed by atoms with Crippen LogP contribution in [0.15, 0.2) is 30.5 Å². The average Bonchev–Trinajstić information content (AvgIpc) is 2.82. The van der Waals surface area contributed by atoms with Crippen molar-refractivity contribution in [2.75, 3.05) is 0 Å². The summed E-state index contributed by atoms with van der Waals surface area (Å²) in [6.07, 6.45) is 1.58. The number of ketones is 1. The number of Topliss-reactive ketones (excluding diaryl/α,β-unsaturated/α-hetero) is 1. The van der Waals surface area contributed by atoms with Crippen LogP contribution in [0.5, 0.6) is 0 Å². The molecule has 0 saturated carbocycles. The van der Waals surface area contributed by atoms with Crippen molar-refractivity contribution in [2.45, 2.75) is 5.92 Å². The van der Waals surface area contributed by atoms with Crippen LogP contribution < -0.4 is 0 Å². The summed E-state index contributed by atoms with van der Waals surface area (Å²) in [6.45, 7) is 0. The fraction of sp³-hybridized carbons (Fsp3) is 0.154. The fourth-order valence-electron chi connectivity index (χ4n) is 1.71. The quantitative estimate of drug-likeness (QED) is 0.811. The van der Waals surface area contributed by atoms with Crippen LogP contribution in [-0.4, -0.2) is 15.6 Å². The van der Waals surface area contributed by atoms with Crippen molar-refractivity contribution in [3.05, 3.63) is 52.6 Å². The van der Waals surface area contributed by atoms with Crippen LogP contribution >= 0.6 is 11.6 Å². The summed E-state index contributed by atoms with van der Waals surface area (Å²) in [5.41, 5.74) is 0.0825. The molecule has 2 aromatic rings. The molecule has 0 spiro atoms. The zero-order valence-electron chi connectivity index (χ0n) is 9.97. The maximum absolute atomic E-state index is 13.9. The third kappa shape index (κ3) is 2.49. The first-order valence-electron chi connectivity index (χ1n) is 5.42. The second-order valence-electron chi connectivity index (χ2n) is 3.94. The van der Waals surface area contributed by atoms with Gasteiger partial charge in [0.25, 0.3) is 0 Å². The fourth-order valence-corrected chi connectivity index (χ4v) is 1.89. The lowest BCUT2D eigenvalue weighted by Gasteiger charge is -2.08. The van der Waals surface area contributed by atoms with Gasteiger partial charge in [0.1, 0.15) is 17.4 Å². The highest BCUT2D eigenvalue weighted by Gasteiger charge is 2.27. The Balaban J connectivity index is 2.43. The molecule has 1 atom stereocenters. The molecule has 6 heteroatoms. The molecule has 1 aromatic carbocycles. The molecule has 0 fully saturated rings. The number of benzene rings is 1. The molecule has 96 valence electrons. The summed E-state index contributed by atoms with van der Waals surface area (Å²) in [5.74, 6) is -2.56. The lowest BCUT2D eigenvalue weighted by molar-refractivity contribution is 0.0972. The van der Waals surface area contributed by atoms with Gasteiger partial charge >= 0.3 is 0 Å². The summed E-state index contributed by atoms with van der Waals surface area (Å²) < 4.78 is 15.3. The van der Waals surface area contributed by atoms with Gasteiger partial charge in [-0.25, -0.2) is 4.39 Å². The second-order valence-corrected chi connectivity index (χ2v) is 4.35. The van der Waals surface area contributed by atoms with E-state index in [1.807, 2.05) is 0 Å². The molecule has 1 heterocycles. The highest BCUT2D eigenvalue weighted by molar-refractivity contribution is 6.30. The number of nitrogens with zero attached hydrogens (tertiary/aromatic N) is 3. The van der Waals surface area contributed by atoms with E-state index >= 15 is 0 Å². The van der Waals surface area contributed by atoms with Gasteiger partial charge < -0.3 is 0 Å². The van der Waals surface area contributed by atoms with Crippen LogP contribution in [0.3, 0.4) is 0 Å². The maximum atomic E-state index is 13.9. The first-order valence-corrected chi connectivity index (χ1v) is 5.79. The number of carbonyl (C=O) groups excluding carboxylic acids is 1. The zero-order chi connectivity index (χ0) is 14.0. The number of aromatic nitrogens is 2. The second kappa shape index (κ2) is 5.21. The third-order valence-electron chi connectivity index (χ3n) is 2.65. The highest BCUT2D eigenvalue weighted by atomic mass is 35.5. The molecule has 4 nitrogen and oxygen atoms in total. The molecule has 1 unspecified atom stereocenters. The van der Waals surface area contributed by atoms with Gasteiger partial charge in [0, 0.05) is 18.8 Å². The predicted molar refractivity (Wildman–Crippen MR) is 67.3 cm³/mol. The molecular weight excluding hydrogens is 269 g/mol. The van der Waals surface area contributed by atoms with Gasteiger partial charge in [-0.3, -0.25) is 9.48 Å². The lowest BCUT2D eigenvalue weighted by Crippen LogP contribution is -2.14. The third-order valence-corrected chi connectivity index (χ3v) is 2.94. The summed E-state index contributed by atoms with van der Waals surface area (Å²) in [5, 5.41) is 12.9. The number of nitriles is 1. The van der Waals surface area contributed by atoms with Gasteiger partial charge in [-0.2, -0.15) is 10.4 Å². The largest absolute Gasteiger partial charge is 0.290 e. The van der Waals surface area contributed by atoms with E-state index < -0.39 is 17.5 Å². The van der Waals surface area contributed by atoms with E-state index in [1.165, 1.54) is 28.9 Å². The van der Waals surface area contributed by atoms with E-state index in [-0.39, 0.29) is 16.3 Å². The van der Waals surface area contributed by atoms with Gasteiger partial charge in [0.2, 0.25) is 5.78 Å². The number of rotatable bonds is 3. The number of aryl methyl sites for hydroxylation is 1. The molecule has 0 aliphatic rings. The van der Waals surface area contributed by atoms with Crippen molar-refractivity contribution in [3.8, 4) is 6.07 Å². The van der Waals surface area contributed by atoms with Crippen LogP contribution in [0.4, 0.5) is 4.39 Å². The first kappa shape index (κ1) is 13.2. The van der Waals surface area contributed by atoms with Crippen molar-refractivity contribution in [3.63, 3.8) is 0 Å². The molecule has 0 radical (unpaired) electrons. The number of hydrogen-bond acceptors (Lipinski definition) is 3.